The van der Waals surface area contributed by atoms with Gasteiger partial charge in [-0.1, -0.05) is 25.1 Å². The molecule has 0 bridgehead atoms. The Bertz CT molecular complexity index is 693. The number of aromatic amines is 1. The number of nitrogens with one attached hydrogen (secondary N) is 2. The van der Waals surface area contributed by atoms with Crippen molar-refractivity contribution in [3.63, 3.8) is 0 Å². The summed E-state index contributed by atoms with van der Waals surface area (Å²) in [4.78, 5) is 3.33. The Morgan fingerprint density at radius 2 is 2.10 bits per heavy atom. The second kappa shape index (κ2) is 6.64. The number of hydrogen-bond acceptors (Lipinski definition) is 1. The highest BCUT2D eigenvalue weighted by atomic mass is 14.9. The van der Waals surface area contributed by atoms with E-state index in [1.165, 1.54) is 28.5 Å². The monoisotopic (exact) mass is 281 g/mol. The molecule has 0 atom stereocenters. The standard InChI is InChI=1S/C18H23N3/c1-2-10-21-11-8-15(14-21)12-19-9-7-16-13-20-18-6-4-3-5-17(16)18/h3-6,8,11,13-14,19-20H,2,7,9-10,12H2,1H3. The number of hydrogen-bond donors (Lipinski definition) is 2. The predicted octanol–water partition coefficient (Wildman–Crippen LogP) is 3.71. The predicted molar refractivity (Wildman–Crippen MR) is 88.4 cm³/mol. The quantitative estimate of drug-likeness (QED) is 0.636. The van der Waals surface area contributed by atoms with E-state index < -0.39 is 0 Å². The molecule has 1 aromatic carbocycles. The van der Waals surface area contributed by atoms with E-state index in [0.717, 1.165) is 26.1 Å². The lowest BCUT2D eigenvalue weighted by molar-refractivity contribution is 0.667. The van der Waals surface area contributed by atoms with E-state index in [1.54, 1.807) is 0 Å². The molecule has 0 radical (unpaired) electrons. The lowest BCUT2D eigenvalue weighted by Gasteiger charge is -2.03. The molecule has 3 heteroatoms. The summed E-state index contributed by atoms with van der Waals surface area (Å²) < 4.78 is 2.26. The maximum absolute atomic E-state index is 3.53. The molecule has 0 amide bonds. The van der Waals surface area contributed by atoms with Gasteiger partial charge in [0.2, 0.25) is 0 Å². The SMILES string of the molecule is CCCn1ccc(CNCCc2c[nH]c3ccccc23)c1. The minimum atomic E-state index is 0.944. The number of H-pyrrole nitrogens is 1. The maximum atomic E-state index is 3.53. The minimum Gasteiger partial charge on any atom is -0.361 e. The van der Waals surface area contributed by atoms with Crippen LogP contribution in [0.5, 0.6) is 0 Å². The number of rotatable bonds is 7. The van der Waals surface area contributed by atoms with Crippen LogP contribution in [0.15, 0.2) is 48.9 Å². The molecule has 0 fully saturated rings. The molecule has 0 aliphatic heterocycles. The third-order valence-corrected chi connectivity index (χ3v) is 3.87. The van der Waals surface area contributed by atoms with Crippen LogP contribution in [0, 0.1) is 0 Å². The molecule has 0 unspecified atom stereocenters. The van der Waals surface area contributed by atoms with E-state index in [4.69, 9.17) is 0 Å². The maximum Gasteiger partial charge on any atom is 0.0456 e. The fraction of sp³-hybridized carbons (Fsp3) is 0.333. The van der Waals surface area contributed by atoms with Crippen molar-refractivity contribution in [2.24, 2.45) is 0 Å². The lowest BCUT2D eigenvalue weighted by atomic mass is 10.1. The summed E-state index contributed by atoms with van der Waals surface area (Å²) >= 11 is 0. The first-order valence-electron chi connectivity index (χ1n) is 7.77. The number of aromatic nitrogens is 2. The van der Waals surface area contributed by atoms with Gasteiger partial charge in [0, 0.05) is 42.6 Å². The van der Waals surface area contributed by atoms with Crippen molar-refractivity contribution < 1.29 is 0 Å². The number of para-hydroxylation sites is 1. The number of fused-ring (bicyclic) bond motifs is 1. The highest BCUT2D eigenvalue weighted by Gasteiger charge is 2.02. The van der Waals surface area contributed by atoms with Crippen molar-refractivity contribution >= 4 is 10.9 Å². The van der Waals surface area contributed by atoms with Gasteiger partial charge in [0.1, 0.15) is 0 Å². The average molecular weight is 281 g/mol. The molecule has 0 aliphatic rings. The second-order valence-electron chi connectivity index (χ2n) is 5.54. The van der Waals surface area contributed by atoms with Crippen LogP contribution in [0.1, 0.15) is 24.5 Å². The van der Waals surface area contributed by atoms with E-state index in [2.05, 4.69) is 70.7 Å². The van der Waals surface area contributed by atoms with E-state index >= 15 is 0 Å². The topological polar surface area (TPSA) is 32.8 Å². The average Bonchev–Trinajstić information content (AvgIpc) is 3.11. The van der Waals surface area contributed by atoms with E-state index in [1.807, 2.05) is 0 Å². The smallest absolute Gasteiger partial charge is 0.0456 e. The Morgan fingerprint density at radius 1 is 1.19 bits per heavy atom. The first-order valence-corrected chi connectivity index (χ1v) is 7.77. The Morgan fingerprint density at radius 3 is 3.00 bits per heavy atom. The van der Waals surface area contributed by atoms with Gasteiger partial charge in [0.15, 0.2) is 0 Å². The summed E-state index contributed by atoms with van der Waals surface area (Å²) in [5, 5.41) is 4.87. The molecule has 110 valence electrons. The molecule has 0 saturated heterocycles. The molecule has 2 N–H and O–H groups in total. The largest absolute Gasteiger partial charge is 0.361 e. The normalized spacial score (nSPS) is 11.3. The first kappa shape index (κ1) is 14.0. The van der Waals surface area contributed by atoms with Crippen molar-refractivity contribution in [3.05, 3.63) is 60.0 Å². The Kier molecular flexibility index (Phi) is 4.41. The van der Waals surface area contributed by atoms with E-state index in [0.29, 0.717) is 0 Å². The van der Waals surface area contributed by atoms with Crippen molar-refractivity contribution in [2.45, 2.75) is 32.9 Å². The van der Waals surface area contributed by atoms with Gasteiger partial charge in [0.25, 0.3) is 0 Å². The molecule has 0 spiro atoms. The molecule has 3 nitrogen and oxygen atoms in total. The zero-order chi connectivity index (χ0) is 14.5. The summed E-state index contributed by atoms with van der Waals surface area (Å²) in [5.74, 6) is 0. The summed E-state index contributed by atoms with van der Waals surface area (Å²) in [5.41, 5.74) is 3.98. The molecule has 3 aromatic rings. The van der Waals surface area contributed by atoms with Gasteiger partial charge in [-0.25, -0.2) is 0 Å². The molecule has 2 aromatic heterocycles. The Hall–Kier alpha value is -2.00. The van der Waals surface area contributed by atoms with Gasteiger partial charge in [-0.3, -0.25) is 0 Å². The number of aryl methyl sites for hydroxylation is 1. The number of nitrogens with zero attached hydrogens (tertiary/aromatic N) is 1. The fourth-order valence-corrected chi connectivity index (χ4v) is 2.79. The molecule has 0 aliphatic carbocycles. The van der Waals surface area contributed by atoms with Gasteiger partial charge in [-0.15, -0.1) is 0 Å². The molecular weight excluding hydrogens is 258 g/mol. The van der Waals surface area contributed by atoms with Crippen LogP contribution in [0.4, 0.5) is 0 Å². The second-order valence-corrected chi connectivity index (χ2v) is 5.54. The van der Waals surface area contributed by atoms with Crippen molar-refractivity contribution in [3.8, 4) is 0 Å². The van der Waals surface area contributed by atoms with Crippen molar-refractivity contribution in [1.29, 1.82) is 0 Å². The highest BCUT2D eigenvalue weighted by Crippen LogP contribution is 2.17. The third kappa shape index (κ3) is 3.37. The number of benzene rings is 1. The summed E-state index contributed by atoms with van der Waals surface area (Å²) in [6.45, 7) is 5.26. The summed E-state index contributed by atoms with van der Waals surface area (Å²) in [7, 11) is 0. The van der Waals surface area contributed by atoms with Crippen LogP contribution in [0.2, 0.25) is 0 Å². The summed E-state index contributed by atoms with van der Waals surface area (Å²) in [6, 6.07) is 10.7. The van der Waals surface area contributed by atoms with Gasteiger partial charge in [0.05, 0.1) is 0 Å². The van der Waals surface area contributed by atoms with Gasteiger partial charge in [-0.2, -0.15) is 0 Å². The highest BCUT2D eigenvalue weighted by molar-refractivity contribution is 5.83. The van der Waals surface area contributed by atoms with Crippen molar-refractivity contribution in [2.75, 3.05) is 6.54 Å². The molecule has 2 heterocycles. The van der Waals surface area contributed by atoms with E-state index in [9.17, 15) is 0 Å². The minimum absolute atomic E-state index is 0.944. The summed E-state index contributed by atoms with van der Waals surface area (Å²) in [6.07, 6.45) is 8.77. The van der Waals surface area contributed by atoms with Gasteiger partial charge in [-0.05, 0) is 42.6 Å². The van der Waals surface area contributed by atoms with Crippen LogP contribution in [0.3, 0.4) is 0 Å². The van der Waals surface area contributed by atoms with Crippen LogP contribution in [-0.4, -0.2) is 16.1 Å². The Balaban J connectivity index is 1.49. The van der Waals surface area contributed by atoms with Gasteiger partial charge >= 0.3 is 0 Å². The first-order chi connectivity index (χ1) is 10.4. The lowest BCUT2D eigenvalue weighted by Crippen LogP contribution is -2.16. The fourth-order valence-electron chi connectivity index (χ4n) is 2.79. The van der Waals surface area contributed by atoms with Crippen LogP contribution in [-0.2, 0) is 19.5 Å². The van der Waals surface area contributed by atoms with Crippen LogP contribution in [0.25, 0.3) is 10.9 Å². The zero-order valence-corrected chi connectivity index (χ0v) is 12.6. The van der Waals surface area contributed by atoms with Crippen LogP contribution >= 0.6 is 0 Å². The zero-order valence-electron chi connectivity index (χ0n) is 12.6. The third-order valence-electron chi connectivity index (χ3n) is 3.87. The molecule has 3 rings (SSSR count). The molecule has 0 saturated carbocycles. The molecule has 21 heavy (non-hydrogen) atoms. The van der Waals surface area contributed by atoms with Crippen molar-refractivity contribution in [1.82, 2.24) is 14.9 Å². The van der Waals surface area contributed by atoms with Gasteiger partial charge < -0.3 is 14.9 Å². The van der Waals surface area contributed by atoms with Crippen LogP contribution < -0.4 is 5.32 Å². The van der Waals surface area contributed by atoms with E-state index in [-0.39, 0.29) is 0 Å². The molecular formula is C18H23N3. The Labute approximate surface area is 126 Å².